The van der Waals surface area contributed by atoms with Gasteiger partial charge in [-0.1, -0.05) is 48.9 Å². The first-order valence-electron chi connectivity index (χ1n) is 8.94. The summed E-state index contributed by atoms with van der Waals surface area (Å²) in [6.45, 7) is 7.51. The number of hydrogen-bond donors (Lipinski definition) is 1. The number of nitrogens with one attached hydrogen (secondary N) is 1. The Morgan fingerprint density at radius 2 is 2.00 bits per heavy atom. The maximum Gasteiger partial charge on any atom is 0.407 e. The van der Waals surface area contributed by atoms with Gasteiger partial charge in [-0.15, -0.1) is 0 Å². The highest BCUT2D eigenvalue weighted by atomic mass is 79.9. The minimum absolute atomic E-state index is 0.0122. The number of rotatable bonds is 3. The van der Waals surface area contributed by atoms with Gasteiger partial charge >= 0.3 is 6.09 Å². The van der Waals surface area contributed by atoms with E-state index < -0.39 is 23.1 Å². The van der Waals surface area contributed by atoms with Gasteiger partial charge in [0.1, 0.15) is 17.2 Å². The monoisotopic (exact) mass is 469 g/mol. The maximum absolute atomic E-state index is 14.2. The summed E-state index contributed by atoms with van der Waals surface area (Å²) in [5.74, 6) is -0.383. The van der Waals surface area contributed by atoms with E-state index in [0.29, 0.717) is 10.2 Å². The number of carbonyl (C=O) groups excluding carboxylic acids is 1. The van der Waals surface area contributed by atoms with E-state index in [0.717, 1.165) is 11.1 Å². The van der Waals surface area contributed by atoms with Crippen molar-refractivity contribution < 1.29 is 18.7 Å². The second kappa shape index (κ2) is 7.56. The standard InChI is InChI=1S/C21H22BrClFNO3/c1-12-16-15(10-14(24)18(23)17(16)22)27-21(12,13-8-6-5-7-9-13)11-25-19(26)28-20(2,3)4/h5-10,12H,11H2,1-4H3,(H,25,26)/t12-,21-/m0/s1. The molecule has 1 amide bonds. The van der Waals surface area contributed by atoms with E-state index in [1.807, 2.05) is 37.3 Å². The van der Waals surface area contributed by atoms with Gasteiger partial charge in [-0.05, 0) is 42.3 Å². The lowest BCUT2D eigenvalue weighted by atomic mass is 9.80. The van der Waals surface area contributed by atoms with E-state index in [-0.39, 0.29) is 17.5 Å². The van der Waals surface area contributed by atoms with Crippen LogP contribution in [0, 0.1) is 5.82 Å². The first kappa shape index (κ1) is 20.9. The Hall–Kier alpha value is -1.79. The van der Waals surface area contributed by atoms with Gasteiger partial charge in [0.15, 0.2) is 5.60 Å². The van der Waals surface area contributed by atoms with E-state index in [1.54, 1.807) is 20.8 Å². The molecule has 0 aliphatic carbocycles. The zero-order valence-electron chi connectivity index (χ0n) is 16.1. The Bertz CT molecular complexity index is 901. The predicted molar refractivity (Wildman–Crippen MR) is 111 cm³/mol. The molecule has 1 aliphatic heterocycles. The summed E-state index contributed by atoms with van der Waals surface area (Å²) in [6, 6.07) is 10.8. The van der Waals surface area contributed by atoms with Crippen LogP contribution in [0.5, 0.6) is 5.75 Å². The highest BCUT2D eigenvalue weighted by Gasteiger charge is 2.49. The third-order valence-electron chi connectivity index (χ3n) is 4.74. The highest BCUT2D eigenvalue weighted by Crippen LogP contribution is 2.54. The minimum Gasteiger partial charge on any atom is -0.480 e. The molecule has 2 aromatic rings. The van der Waals surface area contributed by atoms with Crippen molar-refractivity contribution in [1.82, 2.24) is 5.32 Å². The number of carbonyl (C=O) groups is 1. The van der Waals surface area contributed by atoms with Crippen LogP contribution >= 0.6 is 27.5 Å². The zero-order chi connectivity index (χ0) is 20.7. The van der Waals surface area contributed by atoms with Crippen LogP contribution in [0.2, 0.25) is 5.02 Å². The summed E-state index contributed by atoms with van der Waals surface area (Å²) in [7, 11) is 0. The maximum atomic E-state index is 14.2. The quantitative estimate of drug-likeness (QED) is 0.547. The molecule has 0 fully saturated rings. The fourth-order valence-electron chi connectivity index (χ4n) is 3.43. The van der Waals surface area contributed by atoms with Crippen molar-refractivity contribution in [2.24, 2.45) is 0 Å². The van der Waals surface area contributed by atoms with Crippen molar-refractivity contribution >= 4 is 33.6 Å². The Morgan fingerprint density at radius 3 is 2.61 bits per heavy atom. The summed E-state index contributed by atoms with van der Waals surface area (Å²) in [6.07, 6.45) is -0.544. The van der Waals surface area contributed by atoms with E-state index in [4.69, 9.17) is 21.1 Å². The van der Waals surface area contributed by atoms with Crippen LogP contribution in [0.4, 0.5) is 9.18 Å². The van der Waals surface area contributed by atoms with Gasteiger partial charge in [0.25, 0.3) is 0 Å². The van der Waals surface area contributed by atoms with Crippen molar-refractivity contribution in [2.45, 2.75) is 44.8 Å². The van der Waals surface area contributed by atoms with Gasteiger partial charge in [-0.2, -0.15) is 0 Å². The molecule has 7 heteroatoms. The number of alkyl carbamates (subject to hydrolysis) is 1. The molecule has 0 spiro atoms. The average molecular weight is 471 g/mol. The first-order valence-corrected chi connectivity index (χ1v) is 10.1. The molecule has 2 aromatic carbocycles. The fourth-order valence-corrected chi connectivity index (χ4v) is 4.32. The Morgan fingerprint density at radius 1 is 1.36 bits per heavy atom. The van der Waals surface area contributed by atoms with Crippen molar-refractivity contribution in [3.05, 3.63) is 62.8 Å². The largest absolute Gasteiger partial charge is 0.480 e. The molecule has 1 heterocycles. The lowest BCUT2D eigenvalue weighted by molar-refractivity contribution is 0.0363. The molecule has 1 N–H and O–H groups in total. The SMILES string of the molecule is C[C@H]1c2c(cc(F)c(Cl)c2Br)O[C@]1(CNC(=O)OC(C)(C)C)c1ccccc1. The van der Waals surface area contributed by atoms with Gasteiger partial charge in [-0.25, -0.2) is 9.18 Å². The molecule has 0 saturated heterocycles. The number of ether oxygens (including phenoxy) is 2. The third-order valence-corrected chi connectivity index (χ3v) is 6.16. The van der Waals surface area contributed by atoms with Gasteiger partial charge in [0, 0.05) is 22.0 Å². The first-order chi connectivity index (χ1) is 13.0. The summed E-state index contributed by atoms with van der Waals surface area (Å²) < 4.78 is 26.3. The topological polar surface area (TPSA) is 47.6 Å². The minimum atomic E-state index is -0.930. The van der Waals surface area contributed by atoms with E-state index in [1.165, 1.54) is 6.07 Å². The average Bonchev–Trinajstić information content (AvgIpc) is 2.90. The molecule has 0 bridgehead atoms. The highest BCUT2D eigenvalue weighted by molar-refractivity contribution is 9.10. The van der Waals surface area contributed by atoms with Crippen LogP contribution in [-0.2, 0) is 10.3 Å². The lowest BCUT2D eigenvalue weighted by Gasteiger charge is -2.34. The Kier molecular flexibility index (Phi) is 5.65. The molecule has 3 rings (SSSR count). The van der Waals surface area contributed by atoms with Gasteiger partial charge < -0.3 is 14.8 Å². The van der Waals surface area contributed by atoms with E-state index in [9.17, 15) is 9.18 Å². The van der Waals surface area contributed by atoms with Crippen LogP contribution in [-0.4, -0.2) is 18.2 Å². The summed E-state index contributed by atoms with van der Waals surface area (Å²) in [4.78, 5) is 12.3. The summed E-state index contributed by atoms with van der Waals surface area (Å²) >= 11 is 9.50. The summed E-state index contributed by atoms with van der Waals surface area (Å²) in [5.41, 5.74) is 0.0778. The van der Waals surface area contributed by atoms with Gasteiger partial charge in [-0.3, -0.25) is 0 Å². The Labute approximate surface area is 177 Å². The fraction of sp³-hybridized carbons (Fsp3) is 0.381. The normalized spacial score (nSPS) is 21.0. The van der Waals surface area contributed by atoms with Crippen molar-refractivity contribution in [1.29, 1.82) is 0 Å². The van der Waals surface area contributed by atoms with Crippen molar-refractivity contribution in [3.8, 4) is 5.75 Å². The zero-order valence-corrected chi connectivity index (χ0v) is 18.4. The van der Waals surface area contributed by atoms with Gasteiger partial charge in [0.2, 0.25) is 0 Å². The Balaban J connectivity index is 2.00. The van der Waals surface area contributed by atoms with Crippen LogP contribution in [0.25, 0.3) is 0 Å². The van der Waals surface area contributed by atoms with Gasteiger partial charge in [0.05, 0.1) is 11.6 Å². The number of hydrogen-bond acceptors (Lipinski definition) is 3. The molecule has 2 atom stereocenters. The van der Waals surface area contributed by atoms with Crippen LogP contribution in [0.1, 0.15) is 44.7 Å². The molecule has 0 unspecified atom stereocenters. The van der Waals surface area contributed by atoms with Crippen LogP contribution in [0.15, 0.2) is 40.9 Å². The lowest BCUT2D eigenvalue weighted by Crippen LogP contribution is -2.47. The van der Waals surface area contributed by atoms with E-state index >= 15 is 0 Å². The van der Waals surface area contributed by atoms with Crippen LogP contribution < -0.4 is 10.1 Å². The third kappa shape index (κ3) is 3.85. The molecule has 0 aromatic heterocycles. The second-order valence-corrected chi connectivity index (χ2v) is 9.00. The molecular formula is C21H22BrClFNO3. The van der Waals surface area contributed by atoms with E-state index in [2.05, 4.69) is 21.2 Å². The second-order valence-electron chi connectivity index (χ2n) is 7.83. The number of benzene rings is 2. The predicted octanol–water partition coefficient (Wildman–Crippen LogP) is 6.16. The summed E-state index contributed by atoms with van der Waals surface area (Å²) in [5, 5.41) is 2.82. The molecule has 150 valence electrons. The number of halogens is 3. The van der Waals surface area contributed by atoms with Crippen LogP contribution in [0.3, 0.4) is 0 Å². The molecule has 4 nitrogen and oxygen atoms in total. The smallest absolute Gasteiger partial charge is 0.407 e. The molecule has 1 aliphatic rings. The number of amides is 1. The molecular weight excluding hydrogens is 449 g/mol. The molecule has 28 heavy (non-hydrogen) atoms. The number of fused-ring (bicyclic) bond motifs is 1. The molecule has 0 radical (unpaired) electrons. The van der Waals surface area contributed by atoms with Crippen molar-refractivity contribution in [3.63, 3.8) is 0 Å². The van der Waals surface area contributed by atoms with Crippen molar-refractivity contribution in [2.75, 3.05) is 6.54 Å². The molecule has 0 saturated carbocycles.